The minimum absolute atomic E-state index is 0.0531. The Bertz CT molecular complexity index is 314. The number of ether oxygens (including phenoxy) is 1. The molecule has 1 amide bonds. The summed E-state index contributed by atoms with van der Waals surface area (Å²) >= 11 is 5.48. The molecule has 5 heteroatoms. The number of hydrogen-bond acceptors (Lipinski definition) is 3. The first-order valence-corrected chi connectivity index (χ1v) is 5.15. The van der Waals surface area contributed by atoms with Gasteiger partial charge in [0.25, 0.3) is 0 Å². The number of alkyl halides is 1. The van der Waals surface area contributed by atoms with Crippen LogP contribution in [0.1, 0.15) is 12.8 Å². The molecule has 0 aliphatic carbocycles. The molecule has 1 aromatic rings. The molecule has 1 rings (SSSR count). The fraction of sp³-hybridized carbons (Fsp3) is 0.400. The van der Waals surface area contributed by atoms with E-state index in [0.717, 1.165) is 0 Å². The molecule has 0 bridgehead atoms. The molecule has 1 heterocycles. The molecule has 0 unspecified atom stereocenters. The zero-order valence-electron chi connectivity index (χ0n) is 8.50. The van der Waals surface area contributed by atoms with Crippen LogP contribution in [0.15, 0.2) is 18.3 Å². The molecular formula is C10H13ClN2O2. The highest BCUT2D eigenvalue weighted by Crippen LogP contribution is 2.11. The molecule has 0 aromatic carbocycles. The summed E-state index contributed by atoms with van der Waals surface area (Å²) in [5.41, 5.74) is 0.662. The third kappa shape index (κ3) is 4.16. The van der Waals surface area contributed by atoms with Gasteiger partial charge in [0.1, 0.15) is 0 Å². The van der Waals surface area contributed by atoms with Gasteiger partial charge in [-0.15, -0.1) is 11.6 Å². The van der Waals surface area contributed by atoms with Crippen molar-refractivity contribution < 1.29 is 9.53 Å². The Balaban J connectivity index is 2.46. The number of methoxy groups -OCH3 is 1. The van der Waals surface area contributed by atoms with Crippen molar-refractivity contribution in [3.05, 3.63) is 18.3 Å². The summed E-state index contributed by atoms with van der Waals surface area (Å²) in [6.45, 7) is 0. The first-order valence-electron chi connectivity index (χ1n) is 4.62. The molecule has 0 fully saturated rings. The highest BCUT2D eigenvalue weighted by molar-refractivity contribution is 6.18. The second-order valence-electron chi connectivity index (χ2n) is 2.93. The van der Waals surface area contributed by atoms with E-state index in [4.69, 9.17) is 16.3 Å². The van der Waals surface area contributed by atoms with Crippen molar-refractivity contribution in [2.45, 2.75) is 12.8 Å². The number of aromatic nitrogens is 1. The number of carbonyl (C=O) groups excluding carboxylic acids is 1. The summed E-state index contributed by atoms with van der Waals surface area (Å²) in [6, 6.07) is 3.43. The highest BCUT2D eigenvalue weighted by Gasteiger charge is 2.02. The molecule has 15 heavy (non-hydrogen) atoms. The number of nitrogens with one attached hydrogen (secondary N) is 1. The van der Waals surface area contributed by atoms with Crippen LogP contribution < -0.4 is 10.1 Å². The largest absolute Gasteiger partial charge is 0.481 e. The van der Waals surface area contributed by atoms with Gasteiger partial charge in [-0.25, -0.2) is 4.98 Å². The van der Waals surface area contributed by atoms with Crippen LogP contribution >= 0.6 is 11.6 Å². The van der Waals surface area contributed by atoms with Crippen LogP contribution in [-0.4, -0.2) is 23.9 Å². The second-order valence-corrected chi connectivity index (χ2v) is 3.31. The van der Waals surface area contributed by atoms with Gasteiger partial charge in [-0.2, -0.15) is 0 Å². The number of nitrogens with zero attached hydrogens (tertiary/aromatic N) is 1. The molecule has 0 aliphatic heterocycles. The summed E-state index contributed by atoms with van der Waals surface area (Å²) in [4.78, 5) is 15.3. The fourth-order valence-corrected chi connectivity index (χ4v) is 1.16. The smallest absolute Gasteiger partial charge is 0.224 e. The molecule has 0 spiro atoms. The minimum Gasteiger partial charge on any atom is -0.481 e. The van der Waals surface area contributed by atoms with E-state index < -0.39 is 0 Å². The van der Waals surface area contributed by atoms with Crippen LogP contribution in [0.2, 0.25) is 0 Å². The van der Waals surface area contributed by atoms with Gasteiger partial charge in [-0.05, 0) is 12.5 Å². The molecule has 82 valence electrons. The van der Waals surface area contributed by atoms with E-state index in [1.54, 1.807) is 25.4 Å². The van der Waals surface area contributed by atoms with Gasteiger partial charge in [0.15, 0.2) is 0 Å². The minimum atomic E-state index is -0.0531. The van der Waals surface area contributed by atoms with Crippen LogP contribution in [0.5, 0.6) is 5.88 Å². The maximum absolute atomic E-state index is 11.3. The first kappa shape index (κ1) is 11.8. The number of anilines is 1. The van der Waals surface area contributed by atoms with Gasteiger partial charge in [0.05, 0.1) is 19.0 Å². The summed E-state index contributed by atoms with van der Waals surface area (Å²) in [6.07, 6.45) is 2.66. The molecule has 0 aliphatic rings. The molecular weight excluding hydrogens is 216 g/mol. The van der Waals surface area contributed by atoms with E-state index in [-0.39, 0.29) is 5.91 Å². The lowest BCUT2D eigenvalue weighted by Gasteiger charge is -2.04. The van der Waals surface area contributed by atoms with E-state index in [1.165, 1.54) is 0 Å². The number of carbonyl (C=O) groups is 1. The van der Waals surface area contributed by atoms with Crippen molar-refractivity contribution in [2.24, 2.45) is 0 Å². The number of hydrogen-bond donors (Lipinski definition) is 1. The molecule has 0 saturated heterocycles. The molecule has 0 saturated carbocycles. The monoisotopic (exact) mass is 228 g/mol. The number of amides is 1. The van der Waals surface area contributed by atoms with Gasteiger partial charge in [-0.1, -0.05) is 0 Å². The Morgan fingerprint density at radius 1 is 1.60 bits per heavy atom. The van der Waals surface area contributed by atoms with Gasteiger partial charge in [0.2, 0.25) is 11.8 Å². The van der Waals surface area contributed by atoms with E-state index in [0.29, 0.717) is 30.3 Å². The van der Waals surface area contributed by atoms with E-state index in [1.807, 2.05) is 0 Å². The predicted molar refractivity (Wildman–Crippen MR) is 59.4 cm³/mol. The maximum Gasteiger partial charge on any atom is 0.224 e. The predicted octanol–water partition coefficient (Wildman–Crippen LogP) is 2.05. The number of pyridine rings is 1. The van der Waals surface area contributed by atoms with Gasteiger partial charge < -0.3 is 10.1 Å². The Hall–Kier alpha value is -1.29. The van der Waals surface area contributed by atoms with Crippen LogP contribution in [-0.2, 0) is 4.79 Å². The SMILES string of the molecule is COc1ccc(NC(=O)CCCCl)cn1. The number of halogens is 1. The maximum atomic E-state index is 11.3. The molecule has 1 aromatic heterocycles. The van der Waals surface area contributed by atoms with Crippen LogP contribution in [0, 0.1) is 0 Å². The molecule has 4 nitrogen and oxygen atoms in total. The third-order valence-electron chi connectivity index (χ3n) is 1.77. The number of rotatable bonds is 5. The van der Waals surface area contributed by atoms with E-state index in [2.05, 4.69) is 10.3 Å². The van der Waals surface area contributed by atoms with Crippen molar-refractivity contribution in [1.29, 1.82) is 0 Å². The lowest BCUT2D eigenvalue weighted by Crippen LogP contribution is -2.11. The Morgan fingerprint density at radius 3 is 2.93 bits per heavy atom. The lowest BCUT2D eigenvalue weighted by atomic mass is 10.3. The Morgan fingerprint density at radius 2 is 2.40 bits per heavy atom. The molecule has 1 N–H and O–H groups in total. The van der Waals surface area contributed by atoms with E-state index >= 15 is 0 Å². The summed E-state index contributed by atoms with van der Waals surface area (Å²) in [5, 5.41) is 2.71. The van der Waals surface area contributed by atoms with Crippen molar-refractivity contribution in [2.75, 3.05) is 18.3 Å². The average Bonchev–Trinajstić information content (AvgIpc) is 2.27. The lowest BCUT2D eigenvalue weighted by molar-refractivity contribution is -0.116. The zero-order chi connectivity index (χ0) is 11.1. The molecule has 0 radical (unpaired) electrons. The van der Waals surface area contributed by atoms with Gasteiger partial charge in [0, 0.05) is 18.4 Å². The summed E-state index contributed by atoms with van der Waals surface area (Å²) in [7, 11) is 1.54. The molecule has 0 atom stereocenters. The standard InChI is InChI=1S/C10H13ClN2O2/c1-15-10-5-4-8(7-12-10)13-9(14)3-2-6-11/h4-5,7H,2-3,6H2,1H3,(H,13,14). The Labute approximate surface area is 93.6 Å². The van der Waals surface area contributed by atoms with E-state index in [9.17, 15) is 4.79 Å². The van der Waals surface area contributed by atoms with Crippen LogP contribution in [0.25, 0.3) is 0 Å². The van der Waals surface area contributed by atoms with Crippen molar-refractivity contribution >= 4 is 23.2 Å². The fourth-order valence-electron chi connectivity index (χ4n) is 1.03. The Kier molecular flexibility index (Phi) is 4.90. The highest BCUT2D eigenvalue weighted by atomic mass is 35.5. The van der Waals surface area contributed by atoms with Gasteiger partial charge >= 0.3 is 0 Å². The summed E-state index contributed by atoms with van der Waals surface area (Å²) in [5.74, 6) is 0.963. The second kappa shape index (κ2) is 6.24. The van der Waals surface area contributed by atoms with Crippen LogP contribution in [0.3, 0.4) is 0 Å². The van der Waals surface area contributed by atoms with Crippen molar-refractivity contribution in [3.63, 3.8) is 0 Å². The normalized spacial score (nSPS) is 9.73. The van der Waals surface area contributed by atoms with Crippen molar-refractivity contribution in [1.82, 2.24) is 4.98 Å². The average molecular weight is 229 g/mol. The zero-order valence-corrected chi connectivity index (χ0v) is 9.25. The summed E-state index contributed by atoms with van der Waals surface area (Å²) < 4.78 is 4.90. The van der Waals surface area contributed by atoms with Crippen molar-refractivity contribution in [3.8, 4) is 5.88 Å². The first-order chi connectivity index (χ1) is 7.26. The van der Waals surface area contributed by atoms with Crippen LogP contribution in [0.4, 0.5) is 5.69 Å². The quantitative estimate of drug-likeness (QED) is 0.785. The third-order valence-corrected chi connectivity index (χ3v) is 2.03. The topological polar surface area (TPSA) is 51.2 Å². The van der Waals surface area contributed by atoms with Gasteiger partial charge in [-0.3, -0.25) is 4.79 Å².